The molecule has 0 amide bonds. The fourth-order valence-electron chi connectivity index (χ4n) is 1.17. The standard InChI is InChI=1S/C8H12ClO/c1-7(2,5-9)8(6-10)3-4-8/h3-5H2,1-2H3. The van der Waals surface area contributed by atoms with Gasteiger partial charge in [-0.3, -0.25) is 4.79 Å². The number of rotatable bonds is 3. The summed E-state index contributed by atoms with van der Waals surface area (Å²) in [5.74, 6) is 0.544. The van der Waals surface area contributed by atoms with Crippen molar-refractivity contribution < 1.29 is 4.79 Å². The first kappa shape index (κ1) is 8.06. The molecule has 1 saturated carbocycles. The quantitative estimate of drug-likeness (QED) is 0.577. The fourth-order valence-corrected chi connectivity index (χ4v) is 1.43. The maximum atomic E-state index is 10.5. The van der Waals surface area contributed by atoms with E-state index in [9.17, 15) is 4.79 Å². The van der Waals surface area contributed by atoms with Gasteiger partial charge in [0.25, 0.3) is 0 Å². The van der Waals surface area contributed by atoms with Crippen LogP contribution < -0.4 is 0 Å². The molecule has 0 saturated heterocycles. The maximum absolute atomic E-state index is 10.5. The minimum Gasteiger partial charge on any atom is -0.290 e. The summed E-state index contributed by atoms with van der Waals surface area (Å²) in [6.07, 6.45) is 4.05. The molecule has 0 aromatic carbocycles. The third-order valence-corrected chi connectivity index (χ3v) is 3.24. The summed E-state index contributed by atoms with van der Waals surface area (Å²) in [5, 5.41) is 0. The molecule has 0 unspecified atom stereocenters. The average Bonchev–Trinajstić information content (AvgIpc) is 2.67. The lowest BCUT2D eigenvalue weighted by atomic mass is 9.78. The van der Waals surface area contributed by atoms with E-state index in [1.54, 1.807) is 0 Å². The highest BCUT2D eigenvalue weighted by atomic mass is 35.5. The van der Waals surface area contributed by atoms with Crippen LogP contribution in [0.15, 0.2) is 0 Å². The summed E-state index contributed by atoms with van der Waals surface area (Å²) in [4.78, 5) is 10.5. The first-order chi connectivity index (χ1) is 4.58. The normalized spacial score (nSPS) is 22.3. The summed E-state index contributed by atoms with van der Waals surface area (Å²) in [6, 6.07) is 0. The molecule has 1 aliphatic rings. The Hall–Kier alpha value is -0.0400. The molecule has 57 valence electrons. The first-order valence-electron chi connectivity index (χ1n) is 3.53. The van der Waals surface area contributed by atoms with Crippen molar-refractivity contribution in [2.24, 2.45) is 10.8 Å². The summed E-state index contributed by atoms with van der Waals surface area (Å²) >= 11 is 5.72. The molecule has 1 aliphatic carbocycles. The van der Waals surface area contributed by atoms with E-state index < -0.39 is 0 Å². The van der Waals surface area contributed by atoms with Gasteiger partial charge in [0.05, 0.1) is 0 Å². The molecule has 0 spiro atoms. The van der Waals surface area contributed by atoms with Gasteiger partial charge in [-0.05, 0) is 18.3 Å². The highest BCUT2D eigenvalue weighted by Gasteiger charge is 2.54. The van der Waals surface area contributed by atoms with Gasteiger partial charge in [0, 0.05) is 11.3 Å². The molecule has 10 heavy (non-hydrogen) atoms. The van der Waals surface area contributed by atoms with Gasteiger partial charge in [-0.2, -0.15) is 0 Å². The zero-order valence-corrected chi connectivity index (χ0v) is 7.16. The van der Waals surface area contributed by atoms with Crippen LogP contribution in [0.1, 0.15) is 26.7 Å². The van der Waals surface area contributed by atoms with Gasteiger partial charge < -0.3 is 0 Å². The van der Waals surface area contributed by atoms with Gasteiger partial charge >= 0.3 is 0 Å². The van der Waals surface area contributed by atoms with E-state index in [-0.39, 0.29) is 10.8 Å². The molecule has 2 heteroatoms. The predicted molar refractivity (Wildman–Crippen MR) is 41.9 cm³/mol. The van der Waals surface area contributed by atoms with Gasteiger partial charge in [0.1, 0.15) is 0 Å². The van der Waals surface area contributed by atoms with Crippen LogP contribution in [-0.2, 0) is 4.79 Å². The van der Waals surface area contributed by atoms with Gasteiger partial charge in [-0.1, -0.05) is 13.8 Å². The largest absolute Gasteiger partial charge is 0.290 e. The summed E-state index contributed by atoms with van der Waals surface area (Å²) < 4.78 is 0. The molecule has 0 bridgehead atoms. The van der Waals surface area contributed by atoms with Crippen LogP contribution in [0.2, 0.25) is 0 Å². The highest BCUT2D eigenvalue weighted by molar-refractivity contribution is 6.18. The van der Waals surface area contributed by atoms with Gasteiger partial charge in [-0.15, -0.1) is 11.6 Å². The van der Waals surface area contributed by atoms with Crippen LogP contribution in [0, 0.1) is 10.8 Å². The van der Waals surface area contributed by atoms with Crippen LogP contribution in [0.5, 0.6) is 0 Å². The molecule has 0 N–H and O–H groups in total. The fraction of sp³-hybridized carbons (Fsp3) is 0.875. The average molecular weight is 160 g/mol. The second-order valence-corrected chi connectivity index (χ2v) is 3.97. The minimum atomic E-state index is -0.200. The Bertz CT molecular complexity index is 147. The second kappa shape index (κ2) is 2.23. The third kappa shape index (κ3) is 0.968. The number of hydrogen-bond donors (Lipinski definition) is 0. The summed E-state index contributed by atoms with van der Waals surface area (Å²) in [6.45, 7) is 4.05. The van der Waals surface area contributed by atoms with Crippen LogP contribution in [-0.4, -0.2) is 12.2 Å². The van der Waals surface area contributed by atoms with E-state index >= 15 is 0 Å². The van der Waals surface area contributed by atoms with Crippen molar-refractivity contribution in [1.29, 1.82) is 0 Å². The van der Waals surface area contributed by atoms with Crippen molar-refractivity contribution >= 4 is 17.9 Å². The van der Waals surface area contributed by atoms with Crippen LogP contribution in [0.4, 0.5) is 0 Å². The van der Waals surface area contributed by atoms with Crippen molar-refractivity contribution in [2.75, 3.05) is 5.88 Å². The van der Waals surface area contributed by atoms with Crippen LogP contribution in [0.3, 0.4) is 0 Å². The lowest BCUT2D eigenvalue weighted by Crippen LogP contribution is -2.28. The van der Waals surface area contributed by atoms with Gasteiger partial charge in [0.2, 0.25) is 6.29 Å². The molecule has 1 nitrogen and oxygen atoms in total. The summed E-state index contributed by atoms with van der Waals surface area (Å²) in [7, 11) is 0. The Morgan fingerprint density at radius 1 is 1.60 bits per heavy atom. The molecular formula is C8H12ClO. The predicted octanol–water partition coefficient (Wildman–Crippen LogP) is 2.14. The first-order valence-corrected chi connectivity index (χ1v) is 4.07. The summed E-state index contributed by atoms with van der Waals surface area (Å²) in [5.41, 5.74) is -0.259. The van der Waals surface area contributed by atoms with E-state index in [0.29, 0.717) is 5.88 Å². The molecule has 1 radical (unpaired) electrons. The van der Waals surface area contributed by atoms with Gasteiger partial charge in [-0.25, -0.2) is 0 Å². The van der Waals surface area contributed by atoms with Crippen molar-refractivity contribution in [1.82, 2.24) is 0 Å². The third-order valence-electron chi connectivity index (χ3n) is 2.57. The lowest BCUT2D eigenvalue weighted by Gasteiger charge is -2.27. The Balaban J connectivity index is 2.71. The number of hydrogen-bond acceptors (Lipinski definition) is 1. The SMILES string of the molecule is CC(C)(CCl)C1([C]=O)CC1. The van der Waals surface area contributed by atoms with E-state index in [4.69, 9.17) is 11.6 Å². The van der Waals surface area contributed by atoms with Crippen molar-refractivity contribution in [3.63, 3.8) is 0 Å². The van der Waals surface area contributed by atoms with Crippen molar-refractivity contribution in [3.8, 4) is 0 Å². The zero-order chi connectivity index (χ0) is 7.83. The van der Waals surface area contributed by atoms with Crippen molar-refractivity contribution in [3.05, 3.63) is 0 Å². The topological polar surface area (TPSA) is 17.1 Å². The minimum absolute atomic E-state index is 0.0592. The van der Waals surface area contributed by atoms with Gasteiger partial charge in [0.15, 0.2) is 0 Å². The molecular weight excluding hydrogens is 148 g/mol. The Morgan fingerprint density at radius 3 is 2.20 bits per heavy atom. The maximum Gasteiger partial charge on any atom is 0.205 e. The molecule has 0 aromatic rings. The molecule has 0 heterocycles. The molecule has 1 fully saturated rings. The Labute approximate surface area is 66.8 Å². The Kier molecular flexibility index (Phi) is 1.80. The van der Waals surface area contributed by atoms with E-state index in [2.05, 4.69) is 6.29 Å². The smallest absolute Gasteiger partial charge is 0.205 e. The van der Waals surface area contributed by atoms with Crippen LogP contribution >= 0.6 is 11.6 Å². The van der Waals surface area contributed by atoms with E-state index in [1.165, 1.54) is 0 Å². The monoisotopic (exact) mass is 159 g/mol. The van der Waals surface area contributed by atoms with E-state index in [1.807, 2.05) is 13.8 Å². The molecule has 0 aromatic heterocycles. The van der Waals surface area contributed by atoms with Crippen molar-refractivity contribution in [2.45, 2.75) is 26.7 Å². The Morgan fingerprint density at radius 2 is 2.10 bits per heavy atom. The lowest BCUT2D eigenvalue weighted by molar-refractivity contribution is 0.287. The highest BCUT2D eigenvalue weighted by Crippen LogP contribution is 2.57. The molecule has 1 rings (SSSR count). The zero-order valence-electron chi connectivity index (χ0n) is 6.41. The molecule has 0 aliphatic heterocycles. The number of carbonyl (C=O) groups excluding carboxylic acids is 1. The number of alkyl halides is 1. The second-order valence-electron chi connectivity index (χ2n) is 3.70. The number of halogens is 1. The van der Waals surface area contributed by atoms with E-state index in [0.717, 1.165) is 12.8 Å². The molecule has 0 atom stereocenters. The van der Waals surface area contributed by atoms with Crippen LogP contribution in [0.25, 0.3) is 0 Å².